The Kier molecular flexibility index (Phi) is 21.0. The molecule has 0 bridgehead atoms. The second-order valence-corrected chi connectivity index (χ2v) is 59.0. The van der Waals surface area contributed by atoms with Crippen LogP contribution < -0.4 is 0 Å². The van der Waals surface area contributed by atoms with Gasteiger partial charge >= 0.3 is 0 Å². The third kappa shape index (κ3) is 24.9. The van der Waals surface area contributed by atoms with E-state index in [1.165, 1.54) is 0 Å². The monoisotopic (exact) mass is 947 g/mol. The summed E-state index contributed by atoms with van der Waals surface area (Å²) in [6.45, 7) is 53.3. The highest BCUT2D eigenvalue weighted by Crippen LogP contribution is 2.35. The molecule has 8 atom stereocenters. The second-order valence-electron chi connectivity index (χ2n) is 23.2. The minimum Gasteiger partial charge on any atom is -0.415 e. The molecule has 0 aromatic rings. The van der Waals surface area contributed by atoms with E-state index in [2.05, 4.69) is 162 Å². The van der Waals surface area contributed by atoms with Gasteiger partial charge < -0.3 is 49.7 Å². The van der Waals surface area contributed by atoms with Crippen molar-refractivity contribution < 1.29 is 49.7 Å². The molecule has 1 unspecified atom stereocenters. The summed E-state index contributed by atoms with van der Waals surface area (Å²) in [7, 11) is -15.5. The first-order chi connectivity index (χ1) is 25.2. The molecule has 340 valence electrons. The Morgan fingerprint density at radius 3 is 1.35 bits per heavy atom. The van der Waals surface area contributed by atoms with Crippen LogP contribution in [0.1, 0.15) is 0 Å². The SMILES string of the molecule is CON=C(CO[Si](C)(C)C)[C@@H](O[Si](C)(C)C)[C@H](O[Si](C)(C)C)C(CO[C@H]1O[C@H](CO[Si](C)(C)C)[C@@H](O[Si](C)(C)C)[C@H](O[Si](C)(C)C)[C@H]1O[Si](C)(C)C)O[Si](C)(C)C. The average molecular weight is 949 g/mol. The molecule has 0 spiro atoms. The average Bonchev–Trinajstić information content (AvgIpc) is 2.92. The van der Waals surface area contributed by atoms with Crippen LogP contribution in [-0.2, 0) is 49.7 Å². The van der Waals surface area contributed by atoms with Crippen molar-refractivity contribution in [3.63, 3.8) is 0 Å². The van der Waals surface area contributed by atoms with E-state index in [1.54, 1.807) is 7.11 Å². The van der Waals surface area contributed by atoms with Crippen molar-refractivity contribution in [3.8, 4) is 0 Å². The van der Waals surface area contributed by atoms with Gasteiger partial charge in [-0.1, -0.05) is 5.16 Å². The molecule has 0 amide bonds. The second kappa shape index (κ2) is 21.5. The summed E-state index contributed by atoms with van der Waals surface area (Å²) < 4.78 is 69.7. The van der Waals surface area contributed by atoms with E-state index < -0.39 is 116 Å². The maximum atomic E-state index is 7.17. The summed E-state index contributed by atoms with van der Waals surface area (Å²) in [5.74, 6) is 0. The number of rotatable bonds is 25. The summed E-state index contributed by atoms with van der Waals surface area (Å²) in [4.78, 5) is 5.49. The Morgan fingerprint density at radius 2 is 0.947 bits per heavy atom. The van der Waals surface area contributed by atoms with Gasteiger partial charge in [0.05, 0.1) is 25.9 Å². The smallest absolute Gasteiger partial charge is 0.185 e. The first kappa shape index (κ1) is 55.8. The molecule has 0 radical (unpaired) electrons. The fourth-order valence-corrected chi connectivity index (χ4v) is 13.7. The lowest BCUT2D eigenvalue weighted by atomic mass is 9.99. The lowest BCUT2D eigenvalue weighted by Crippen LogP contribution is -2.67. The van der Waals surface area contributed by atoms with E-state index in [1.807, 2.05) is 0 Å². The fourth-order valence-electron chi connectivity index (χ4n) is 5.96. The highest BCUT2D eigenvalue weighted by atomic mass is 28.4. The fraction of sp³-hybridized carbons (Fsp3) is 0.973. The summed E-state index contributed by atoms with van der Waals surface area (Å²) in [6, 6.07) is 0. The molecule has 20 heteroatoms. The molecular weight excluding hydrogens is 859 g/mol. The van der Waals surface area contributed by atoms with Crippen LogP contribution in [0.4, 0.5) is 0 Å². The van der Waals surface area contributed by atoms with Crippen molar-refractivity contribution in [1.29, 1.82) is 0 Å². The van der Waals surface area contributed by atoms with Crippen LogP contribution in [0.2, 0.25) is 157 Å². The van der Waals surface area contributed by atoms with Crippen LogP contribution in [-0.4, -0.2) is 148 Å². The number of ether oxygens (including phenoxy) is 2. The molecular formula is C37H89NO11Si8. The van der Waals surface area contributed by atoms with E-state index in [-0.39, 0.29) is 13.2 Å². The van der Waals surface area contributed by atoms with Gasteiger partial charge in [-0.3, -0.25) is 0 Å². The quantitative estimate of drug-likeness (QED) is 0.0495. The molecule has 1 aliphatic heterocycles. The number of nitrogens with zero attached hydrogens (tertiary/aromatic N) is 1. The van der Waals surface area contributed by atoms with Gasteiger partial charge in [0.15, 0.2) is 72.8 Å². The van der Waals surface area contributed by atoms with Crippen molar-refractivity contribution in [2.45, 2.75) is 206 Å². The molecule has 57 heavy (non-hydrogen) atoms. The maximum Gasteiger partial charge on any atom is 0.185 e. The van der Waals surface area contributed by atoms with Crippen LogP contribution in [0.15, 0.2) is 5.16 Å². The van der Waals surface area contributed by atoms with Gasteiger partial charge in [-0.15, -0.1) is 0 Å². The molecule has 0 aromatic carbocycles. The predicted octanol–water partition coefficient (Wildman–Crippen LogP) is 9.75. The van der Waals surface area contributed by atoms with E-state index in [9.17, 15) is 0 Å². The van der Waals surface area contributed by atoms with Crippen LogP contribution in [0.25, 0.3) is 0 Å². The van der Waals surface area contributed by atoms with E-state index in [0.29, 0.717) is 12.3 Å². The van der Waals surface area contributed by atoms with Crippen molar-refractivity contribution in [2.75, 3.05) is 26.9 Å². The molecule has 0 saturated carbocycles. The molecule has 0 aromatic heterocycles. The normalized spacial score (nSPS) is 24.4. The molecule has 0 aliphatic carbocycles. The van der Waals surface area contributed by atoms with Crippen molar-refractivity contribution in [1.82, 2.24) is 0 Å². The van der Waals surface area contributed by atoms with Crippen LogP contribution >= 0.6 is 0 Å². The third-order valence-electron chi connectivity index (χ3n) is 7.50. The van der Waals surface area contributed by atoms with Gasteiger partial charge in [-0.2, -0.15) is 0 Å². The Hall–Kier alpha value is 0.805. The largest absolute Gasteiger partial charge is 0.415 e. The zero-order chi connectivity index (χ0) is 44.8. The zero-order valence-corrected chi connectivity index (χ0v) is 49.2. The summed E-state index contributed by atoms with van der Waals surface area (Å²) in [5.41, 5.74) is 0.641. The van der Waals surface area contributed by atoms with Crippen molar-refractivity contribution in [2.24, 2.45) is 5.16 Å². The Morgan fingerprint density at radius 1 is 0.509 bits per heavy atom. The van der Waals surface area contributed by atoms with Crippen LogP contribution in [0.5, 0.6) is 0 Å². The van der Waals surface area contributed by atoms with Gasteiger partial charge in [0.1, 0.15) is 49.4 Å². The topological polar surface area (TPSA) is 114 Å². The standard InChI is InChI=1S/C37H89NO11Si8/c1-39-38-29(26-41-50(2,3)4)32(45-53(11,12)13)34(47-55(17,18)19)31(44-52(8,9)10)27-40-37-36(49-57(23,24)25)35(48-56(20,21)22)33(46-54(14,15)16)30(43-37)28-42-51(5,6)7/h30-37H,26-28H2,1-25H3/t30-,31?,32-,33-,34-,35+,36-,37+/m1/s1. The van der Waals surface area contributed by atoms with Gasteiger partial charge in [0.2, 0.25) is 0 Å². The van der Waals surface area contributed by atoms with Gasteiger partial charge in [-0.05, 0) is 157 Å². The number of hydrogen-bond acceptors (Lipinski definition) is 12. The summed E-state index contributed by atoms with van der Waals surface area (Å²) in [6.07, 6.45) is -4.38. The maximum absolute atomic E-state index is 7.17. The summed E-state index contributed by atoms with van der Waals surface area (Å²) >= 11 is 0. The van der Waals surface area contributed by atoms with Crippen LogP contribution in [0.3, 0.4) is 0 Å². The zero-order valence-electron chi connectivity index (χ0n) is 41.2. The molecule has 1 aliphatic rings. The lowest BCUT2D eigenvalue weighted by molar-refractivity contribution is -0.295. The van der Waals surface area contributed by atoms with E-state index in [0.717, 1.165) is 0 Å². The van der Waals surface area contributed by atoms with E-state index >= 15 is 0 Å². The highest BCUT2D eigenvalue weighted by molar-refractivity contribution is 6.72. The Bertz CT molecular complexity index is 1230. The van der Waals surface area contributed by atoms with E-state index in [4.69, 9.17) is 49.7 Å². The molecule has 1 fully saturated rings. The van der Waals surface area contributed by atoms with Crippen molar-refractivity contribution in [3.05, 3.63) is 0 Å². The molecule has 1 rings (SSSR count). The van der Waals surface area contributed by atoms with Crippen molar-refractivity contribution >= 4 is 72.3 Å². The Labute approximate surface area is 358 Å². The van der Waals surface area contributed by atoms with Crippen LogP contribution in [0, 0.1) is 0 Å². The highest BCUT2D eigenvalue weighted by Gasteiger charge is 2.53. The van der Waals surface area contributed by atoms with Gasteiger partial charge in [-0.25, -0.2) is 0 Å². The summed E-state index contributed by atoms with van der Waals surface area (Å²) in [5, 5.41) is 4.56. The predicted molar refractivity (Wildman–Crippen MR) is 257 cm³/mol. The number of hydrogen-bond donors (Lipinski definition) is 0. The first-order valence-corrected chi connectivity index (χ1v) is 48.2. The Balaban J connectivity index is 4.07. The molecule has 0 N–H and O–H groups in total. The van der Waals surface area contributed by atoms with Gasteiger partial charge in [0, 0.05) is 0 Å². The molecule has 12 nitrogen and oxygen atoms in total. The lowest BCUT2D eigenvalue weighted by Gasteiger charge is -2.51. The third-order valence-corrected chi connectivity index (χ3v) is 15.4. The minimum absolute atomic E-state index is 0.150. The number of oxime groups is 1. The molecule has 1 saturated heterocycles. The first-order valence-electron chi connectivity index (χ1n) is 20.9. The van der Waals surface area contributed by atoms with Gasteiger partial charge in [0.25, 0.3) is 0 Å². The molecule has 1 heterocycles. The minimum atomic E-state index is -2.25.